The lowest BCUT2D eigenvalue weighted by Crippen LogP contribution is -2.39. The predicted octanol–water partition coefficient (Wildman–Crippen LogP) is 3.34. The van der Waals surface area contributed by atoms with Crippen LogP contribution >= 0.6 is 15.9 Å². The standard InChI is InChI=1S/C22H22BrN5O2/c23-17-12-25-28(14-17)19-8-6-16(7-9-19)22(30)26-18-4-1-3-15(11-18)13-27-10-2-5-20(27)21(24)29/h1,3-4,6-9,11-12,14,20H,2,5,10,13H2,(H2,24,29)(H,26,30). The first kappa shape index (κ1) is 20.3. The van der Waals surface area contributed by atoms with Gasteiger partial charge in [0.25, 0.3) is 5.91 Å². The molecule has 1 aliphatic rings. The fourth-order valence-electron chi connectivity index (χ4n) is 3.73. The van der Waals surface area contributed by atoms with Gasteiger partial charge >= 0.3 is 0 Å². The van der Waals surface area contributed by atoms with Gasteiger partial charge in [-0.25, -0.2) is 4.68 Å². The number of hydrogen-bond donors (Lipinski definition) is 2. The molecule has 154 valence electrons. The highest BCUT2D eigenvalue weighted by molar-refractivity contribution is 9.10. The molecule has 0 spiro atoms. The Balaban J connectivity index is 1.42. The lowest BCUT2D eigenvalue weighted by atomic mass is 10.1. The Morgan fingerprint density at radius 3 is 2.70 bits per heavy atom. The van der Waals surface area contributed by atoms with Crippen molar-refractivity contribution in [2.24, 2.45) is 5.73 Å². The lowest BCUT2D eigenvalue weighted by Gasteiger charge is -2.22. The van der Waals surface area contributed by atoms with Crippen LogP contribution < -0.4 is 11.1 Å². The van der Waals surface area contributed by atoms with Crippen LogP contribution in [0.1, 0.15) is 28.8 Å². The van der Waals surface area contributed by atoms with E-state index in [1.807, 2.05) is 42.6 Å². The molecule has 2 amide bonds. The van der Waals surface area contributed by atoms with Crippen molar-refractivity contribution in [3.05, 3.63) is 76.5 Å². The van der Waals surface area contributed by atoms with Crippen LogP contribution in [0.15, 0.2) is 65.4 Å². The van der Waals surface area contributed by atoms with E-state index in [9.17, 15) is 9.59 Å². The SMILES string of the molecule is NC(=O)C1CCCN1Cc1cccc(NC(=O)c2ccc(-n3cc(Br)cn3)cc2)c1. The van der Waals surface area contributed by atoms with Crippen molar-refractivity contribution >= 4 is 33.4 Å². The van der Waals surface area contributed by atoms with Gasteiger partial charge in [0.05, 0.1) is 22.4 Å². The van der Waals surface area contributed by atoms with Gasteiger partial charge < -0.3 is 11.1 Å². The lowest BCUT2D eigenvalue weighted by molar-refractivity contribution is -0.122. The van der Waals surface area contributed by atoms with Crippen LogP contribution in [0.25, 0.3) is 5.69 Å². The van der Waals surface area contributed by atoms with Gasteiger partial charge in [0, 0.05) is 24.0 Å². The van der Waals surface area contributed by atoms with Crippen LogP contribution in [0.4, 0.5) is 5.69 Å². The number of rotatable bonds is 6. The van der Waals surface area contributed by atoms with Crippen molar-refractivity contribution in [1.82, 2.24) is 14.7 Å². The molecule has 3 aromatic rings. The summed E-state index contributed by atoms with van der Waals surface area (Å²) in [4.78, 5) is 26.3. The average Bonchev–Trinajstić information content (AvgIpc) is 3.37. The predicted molar refractivity (Wildman–Crippen MR) is 118 cm³/mol. The van der Waals surface area contributed by atoms with Gasteiger partial charge in [-0.15, -0.1) is 0 Å². The van der Waals surface area contributed by atoms with Crippen molar-refractivity contribution in [3.63, 3.8) is 0 Å². The van der Waals surface area contributed by atoms with Gasteiger partial charge in [-0.2, -0.15) is 5.10 Å². The number of nitrogens with one attached hydrogen (secondary N) is 1. The molecule has 0 saturated carbocycles. The summed E-state index contributed by atoms with van der Waals surface area (Å²) in [6.45, 7) is 1.48. The molecule has 1 atom stereocenters. The molecular weight excluding hydrogens is 446 g/mol. The molecule has 2 aromatic carbocycles. The van der Waals surface area contributed by atoms with E-state index in [-0.39, 0.29) is 17.9 Å². The molecular formula is C22H22BrN5O2. The molecule has 4 rings (SSSR count). The van der Waals surface area contributed by atoms with E-state index in [1.165, 1.54) is 0 Å². The highest BCUT2D eigenvalue weighted by Crippen LogP contribution is 2.21. The second kappa shape index (κ2) is 8.81. The van der Waals surface area contributed by atoms with Crippen LogP contribution in [0.5, 0.6) is 0 Å². The summed E-state index contributed by atoms with van der Waals surface area (Å²) in [5.41, 5.74) is 8.68. The van der Waals surface area contributed by atoms with Gasteiger partial charge in [0.1, 0.15) is 0 Å². The molecule has 1 aliphatic heterocycles. The minimum Gasteiger partial charge on any atom is -0.368 e. The minimum atomic E-state index is -0.275. The number of primary amides is 1. The molecule has 30 heavy (non-hydrogen) atoms. The fourth-order valence-corrected chi connectivity index (χ4v) is 4.02. The quantitative estimate of drug-likeness (QED) is 0.581. The second-order valence-corrected chi connectivity index (χ2v) is 8.25. The molecule has 1 aromatic heterocycles. The molecule has 0 bridgehead atoms. The number of halogens is 1. The molecule has 1 unspecified atom stereocenters. The van der Waals surface area contributed by atoms with Gasteiger partial charge in [-0.1, -0.05) is 12.1 Å². The van der Waals surface area contributed by atoms with E-state index in [4.69, 9.17) is 5.73 Å². The Kier molecular flexibility index (Phi) is 5.96. The zero-order valence-electron chi connectivity index (χ0n) is 16.3. The highest BCUT2D eigenvalue weighted by Gasteiger charge is 2.28. The zero-order valence-corrected chi connectivity index (χ0v) is 17.9. The number of carbonyl (C=O) groups is 2. The maximum absolute atomic E-state index is 12.7. The third kappa shape index (κ3) is 4.60. The van der Waals surface area contributed by atoms with Crippen molar-refractivity contribution in [3.8, 4) is 5.69 Å². The third-order valence-electron chi connectivity index (χ3n) is 5.21. The minimum absolute atomic E-state index is 0.184. The maximum Gasteiger partial charge on any atom is 0.255 e. The Labute approximate surface area is 183 Å². The molecule has 0 aliphatic carbocycles. The Morgan fingerprint density at radius 1 is 1.20 bits per heavy atom. The number of hydrogen-bond acceptors (Lipinski definition) is 4. The zero-order chi connectivity index (χ0) is 21.1. The summed E-state index contributed by atoms with van der Waals surface area (Å²) in [5.74, 6) is -0.459. The largest absolute Gasteiger partial charge is 0.368 e. The van der Waals surface area contributed by atoms with Gasteiger partial charge in [-0.05, 0) is 77.3 Å². The van der Waals surface area contributed by atoms with E-state index < -0.39 is 0 Å². The average molecular weight is 468 g/mol. The summed E-state index contributed by atoms with van der Waals surface area (Å²) in [5, 5.41) is 7.17. The number of carbonyl (C=O) groups excluding carboxylic acids is 2. The third-order valence-corrected chi connectivity index (χ3v) is 5.62. The number of nitrogens with two attached hydrogens (primary N) is 1. The van der Waals surface area contributed by atoms with Gasteiger partial charge in [0.15, 0.2) is 0 Å². The summed E-state index contributed by atoms with van der Waals surface area (Å²) in [6, 6.07) is 14.7. The molecule has 1 saturated heterocycles. The van der Waals surface area contributed by atoms with Crippen molar-refractivity contribution in [1.29, 1.82) is 0 Å². The van der Waals surface area contributed by atoms with Crippen molar-refractivity contribution in [2.75, 3.05) is 11.9 Å². The summed E-state index contributed by atoms with van der Waals surface area (Å²) >= 11 is 3.37. The molecule has 1 fully saturated rings. The molecule has 8 heteroatoms. The van der Waals surface area contributed by atoms with Crippen LogP contribution in [0.2, 0.25) is 0 Å². The van der Waals surface area contributed by atoms with Crippen molar-refractivity contribution in [2.45, 2.75) is 25.4 Å². The van der Waals surface area contributed by atoms with E-state index in [2.05, 4.69) is 31.2 Å². The molecule has 2 heterocycles. The first-order chi connectivity index (χ1) is 14.5. The number of anilines is 1. The number of likely N-dealkylation sites (tertiary alicyclic amines) is 1. The molecule has 0 radical (unpaired) electrons. The monoisotopic (exact) mass is 467 g/mol. The highest BCUT2D eigenvalue weighted by atomic mass is 79.9. The summed E-state index contributed by atoms with van der Waals surface area (Å²) < 4.78 is 2.62. The summed E-state index contributed by atoms with van der Waals surface area (Å²) in [6.07, 6.45) is 5.33. The van der Waals surface area contributed by atoms with Gasteiger partial charge in [-0.3, -0.25) is 14.5 Å². The molecule has 3 N–H and O–H groups in total. The first-order valence-electron chi connectivity index (χ1n) is 9.74. The van der Waals surface area contributed by atoms with Crippen molar-refractivity contribution < 1.29 is 9.59 Å². The van der Waals surface area contributed by atoms with E-state index >= 15 is 0 Å². The number of amides is 2. The Hall–Kier alpha value is -2.97. The van der Waals surface area contributed by atoms with Crippen LogP contribution in [-0.4, -0.2) is 39.1 Å². The number of benzene rings is 2. The van der Waals surface area contributed by atoms with Crippen LogP contribution in [0.3, 0.4) is 0 Å². The van der Waals surface area contributed by atoms with E-state index in [0.29, 0.717) is 17.8 Å². The number of nitrogens with zero attached hydrogens (tertiary/aromatic N) is 3. The Bertz CT molecular complexity index is 1060. The Morgan fingerprint density at radius 2 is 2.00 bits per heavy atom. The second-order valence-electron chi connectivity index (χ2n) is 7.34. The smallest absolute Gasteiger partial charge is 0.255 e. The number of aromatic nitrogens is 2. The fraction of sp³-hybridized carbons (Fsp3) is 0.227. The van der Waals surface area contributed by atoms with E-state index in [1.54, 1.807) is 23.0 Å². The van der Waals surface area contributed by atoms with Crippen LogP contribution in [-0.2, 0) is 11.3 Å². The maximum atomic E-state index is 12.7. The van der Waals surface area contributed by atoms with Crippen LogP contribution in [0, 0.1) is 0 Å². The van der Waals surface area contributed by atoms with Gasteiger partial charge in [0.2, 0.25) is 5.91 Å². The topological polar surface area (TPSA) is 93.3 Å². The summed E-state index contributed by atoms with van der Waals surface area (Å²) in [7, 11) is 0. The first-order valence-corrected chi connectivity index (χ1v) is 10.5. The van der Waals surface area contributed by atoms with E-state index in [0.717, 1.165) is 35.1 Å². The normalized spacial score (nSPS) is 16.5. The molecule has 7 nitrogen and oxygen atoms in total.